The first-order chi connectivity index (χ1) is 8.15. The molecule has 2 aromatic heterocycles. The molecule has 0 radical (unpaired) electrons. The average molecular weight is 231 g/mol. The zero-order valence-electron chi connectivity index (χ0n) is 10.3. The Bertz CT molecular complexity index is 499. The summed E-state index contributed by atoms with van der Waals surface area (Å²) in [6.45, 7) is 4.04. The molecule has 1 unspecified atom stereocenters. The van der Waals surface area contributed by atoms with Crippen molar-refractivity contribution < 1.29 is 4.42 Å². The van der Waals surface area contributed by atoms with Crippen molar-refractivity contribution >= 4 is 5.82 Å². The summed E-state index contributed by atoms with van der Waals surface area (Å²) in [5, 5.41) is 3.23. The molecule has 2 rings (SSSR count). The van der Waals surface area contributed by atoms with Crippen molar-refractivity contribution in [2.45, 2.75) is 19.9 Å². The lowest BCUT2D eigenvalue weighted by molar-refractivity contribution is 0.459. The van der Waals surface area contributed by atoms with E-state index in [4.69, 9.17) is 10.2 Å². The highest BCUT2D eigenvalue weighted by atomic mass is 16.3. The lowest BCUT2D eigenvalue weighted by Gasteiger charge is -2.18. The fraction of sp³-hybridized carbons (Fsp3) is 0.308. The molecular formula is C13H17N3O. The third-order valence-corrected chi connectivity index (χ3v) is 2.98. The smallest absolute Gasteiger partial charge is 0.128 e. The lowest BCUT2D eigenvalue weighted by atomic mass is 9.99. The summed E-state index contributed by atoms with van der Waals surface area (Å²) in [6, 6.07) is 3.84. The van der Waals surface area contributed by atoms with Gasteiger partial charge in [-0.15, -0.1) is 0 Å². The molecule has 0 bridgehead atoms. The van der Waals surface area contributed by atoms with Crippen LogP contribution in [0.5, 0.6) is 0 Å². The van der Waals surface area contributed by atoms with Crippen molar-refractivity contribution in [2.75, 3.05) is 12.8 Å². The van der Waals surface area contributed by atoms with Gasteiger partial charge in [0, 0.05) is 11.8 Å². The van der Waals surface area contributed by atoms with Crippen LogP contribution in [-0.4, -0.2) is 12.0 Å². The van der Waals surface area contributed by atoms with Gasteiger partial charge >= 0.3 is 0 Å². The summed E-state index contributed by atoms with van der Waals surface area (Å²) in [7, 11) is 1.89. The Morgan fingerprint density at radius 3 is 2.59 bits per heavy atom. The van der Waals surface area contributed by atoms with Crippen LogP contribution in [0.3, 0.4) is 0 Å². The fourth-order valence-corrected chi connectivity index (χ4v) is 2.05. The maximum absolute atomic E-state index is 5.96. The van der Waals surface area contributed by atoms with Crippen LogP contribution in [0, 0.1) is 13.8 Å². The topological polar surface area (TPSA) is 64.1 Å². The van der Waals surface area contributed by atoms with Gasteiger partial charge in [-0.25, -0.2) is 4.98 Å². The molecular weight excluding hydrogens is 214 g/mol. The summed E-state index contributed by atoms with van der Waals surface area (Å²) in [5.74, 6) is 1.43. The number of hydrogen-bond donors (Lipinski definition) is 2. The van der Waals surface area contributed by atoms with E-state index < -0.39 is 0 Å². The number of nitrogen functional groups attached to an aromatic ring is 1. The molecule has 0 amide bonds. The first-order valence-electron chi connectivity index (χ1n) is 5.57. The average Bonchev–Trinajstić information content (AvgIpc) is 2.70. The molecule has 4 heteroatoms. The van der Waals surface area contributed by atoms with E-state index in [-0.39, 0.29) is 6.04 Å². The molecule has 0 aromatic carbocycles. The number of nitrogens with one attached hydrogen (secondary N) is 1. The van der Waals surface area contributed by atoms with Crippen LogP contribution in [-0.2, 0) is 0 Å². The first kappa shape index (κ1) is 11.7. The van der Waals surface area contributed by atoms with E-state index in [0.717, 1.165) is 22.5 Å². The fourth-order valence-electron chi connectivity index (χ4n) is 2.05. The standard InChI is InChI=1S/C13H17N3O/c1-8-4-6-16-13(14)10(8)11(15-3)12-9(2)5-7-17-12/h4-7,11,15H,1-3H3,(H2,14,16). The third kappa shape index (κ3) is 2.03. The van der Waals surface area contributed by atoms with Gasteiger partial charge in [0.05, 0.1) is 12.3 Å². The Labute approximate surface area is 101 Å². The van der Waals surface area contributed by atoms with E-state index in [1.54, 1.807) is 12.5 Å². The predicted octanol–water partition coefficient (Wildman–Crippen LogP) is 2.18. The van der Waals surface area contributed by atoms with Crippen molar-refractivity contribution in [3.63, 3.8) is 0 Å². The number of pyridine rings is 1. The molecule has 1 atom stereocenters. The summed E-state index contributed by atoms with van der Waals surface area (Å²) in [6.07, 6.45) is 3.41. The largest absolute Gasteiger partial charge is 0.467 e. The molecule has 90 valence electrons. The van der Waals surface area contributed by atoms with E-state index in [1.807, 2.05) is 33.0 Å². The number of nitrogens with two attached hydrogens (primary N) is 1. The summed E-state index contributed by atoms with van der Waals surface area (Å²) >= 11 is 0. The quantitative estimate of drug-likeness (QED) is 0.849. The number of rotatable bonds is 3. The van der Waals surface area contributed by atoms with Gasteiger partial charge in [-0.3, -0.25) is 0 Å². The number of aryl methyl sites for hydroxylation is 2. The van der Waals surface area contributed by atoms with Crippen molar-refractivity contribution in [1.82, 2.24) is 10.3 Å². The third-order valence-electron chi connectivity index (χ3n) is 2.98. The molecule has 0 saturated heterocycles. The highest BCUT2D eigenvalue weighted by molar-refractivity contribution is 5.49. The monoisotopic (exact) mass is 231 g/mol. The Morgan fingerprint density at radius 1 is 1.29 bits per heavy atom. The van der Waals surface area contributed by atoms with Crippen molar-refractivity contribution in [1.29, 1.82) is 0 Å². The molecule has 0 aliphatic heterocycles. The van der Waals surface area contributed by atoms with Crippen LogP contribution in [0.15, 0.2) is 29.0 Å². The molecule has 4 nitrogen and oxygen atoms in total. The van der Waals surface area contributed by atoms with Crippen LogP contribution in [0.25, 0.3) is 0 Å². The lowest BCUT2D eigenvalue weighted by Crippen LogP contribution is -2.20. The summed E-state index contributed by atoms with van der Waals surface area (Å²) in [4.78, 5) is 4.14. The van der Waals surface area contributed by atoms with Crippen molar-refractivity contribution in [3.05, 3.63) is 47.0 Å². The summed E-state index contributed by atoms with van der Waals surface area (Å²) in [5.41, 5.74) is 9.15. The minimum Gasteiger partial charge on any atom is -0.467 e. The highest BCUT2D eigenvalue weighted by Gasteiger charge is 2.21. The van der Waals surface area contributed by atoms with Gasteiger partial charge in [0.25, 0.3) is 0 Å². The highest BCUT2D eigenvalue weighted by Crippen LogP contribution is 2.30. The second-order valence-electron chi connectivity index (χ2n) is 4.12. The van der Waals surface area contributed by atoms with E-state index >= 15 is 0 Å². The van der Waals surface area contributed by atoms with Crippen molar-refractivity contribution in [3.8, 4) is 0 Å². The van der Waals surface area contributed by atoms with E-state index in [1.165, 1.54) is 0 Å². The zero-order valence-corrected chi connectivity index (χ0v) is 10.3. The van der Waals surface area contributed by atoms with Crippen LogP contribution in [0.2, 0.25) is 0 Å². The van der Waals surface area contributed by atoms with Crippen molar-refractivity contribution in [2.24, 2.45) is 0 Å². The molecule has 0 spiro atoms. The number of nitrogens with zero attached hydrogens (tertiary/aromatic N) is 1. The number of furan rings is 1. The van der Waals surface area contributed by atoms with Gasteiger partial charge < -0.3 is 15.5 Å². The molecule has 0 fully saturated rings. The van der Waals surface area contributed by atoms with Crippen LogP contribution in [0.1, 0.15) is 28.5 Å². The Hall–Kier alpha value is -1.81. The molecule has 2 aromatic rings. The van der Waals surface area contributed by atoms with Gasteiger partial charge in [0.2, 0.25) is 0 Å². The van der Waals surface area contributed by atoms with E-state index in [2.05, 4.69) is 10.3 Å². The van der Waals surface area contributed by atoms with Gasteiger partial charge in [-0.05, 0) is 44.2 Å². The normalized spacial score (nSPS) is 12.6. The SMILES string of the molecule is CNC(c1occc1C)c1c(C)ccnc1N. The van der Waals surface area contributed by atoms with Gasteiger partial charge in [0.1, 0.15) is 11.6 Å². The molecule has 2 heterocycles. The number of anilines is 1. The predicted molar refractivity (Wildman–Crippen MR) is 67.7 cm³/mol. The number of aromatic nitrogens is 1. The van der Waals surface area contributed by atoms with Gasteiger partial charge in [-0.2, -0.15) is 0 Å². The Balaban J connectivity index is 2.53. The van der Waals surface area contributed by atoms with E-state index in [9.17, 15) is 0 Å². The molecule has 0 aliphatic carbocycles. The van der Waals surface area contributed by atoms with Crippen LogP contribution < -0.4 is 11.1 Å². The van der Waals surface area contributed by atoms with Crippen LogP contribution >= 0.6 is 0 Å². The Kier molecular flexibility index (Phi) is 3.15. The molecule has 0 aliphatic rings. The maximum Gasteiger partial charge on any atom is 0.128 e. The number of hydrogen-bond acceptors (Lipinski definition) is 4. The Morgan fingerprint density at radius 2 is 2.06 bits per heavy atom. The second-order valence-corrected chi connectivity index (χ2v) is 4.12. The minimum absolute atomic E-state index is 0.0568. The first-order valence-corrected chi connectivity index (χ1v) is 5.57. The molecule has 17 heavy (non-hydrogen) atoms. The molecule has 3 N–H and O–H groups in total. The second kappa shape index (κ2) is 4.59. The summed E-state index contributed by atoms with van der Waals surface area (Å²) < 4.78 is 5.54. The zero-order chi connectivity index (χ0) is 12.4. The van der Waals surface area contributed by atoms with Gasteiger partial charge in [0.15, 0.2) is 0 Å². The maximum atomic E-state index is 5.96. The minimum atomic E-state index is -0.0568. The van der Waals surface area contributed by atoms with E-state index in [0.29, 0.717) is 5.82 Å². The van der Waals surface area contributed by atoms with Crippen LogP contribution in [0.4, 0.5) is 5.82 Å². The molecule has 0 saturated carbocycles. The van der Waals surface area contributed by atoms with Gasteiger partial charge in [-0.1, -0.05) is 0 Å².